The molecular weight excluding hydrogens is 264 g/mol. The lowest BCUT2D eigenvalue weighted by Crippen LogP contribution is -3.00. The van der Waals surface area contributed by atoms with Crippen molar-refractivity contribution < 1.29 is 33.6 Å². The molecular formula is C6H15ClINO. The van der Waals surface area contributed by atoms with Gasteiger partial charge in [0.2, 0.25) is 0 Å². The van der Waals surface area contributed by atoms with Crippen molar-refractivity contribution in [2.24, 2.45) is 0 Å². The van der Waals surface area contributed by atoms with Gasteiger partial charge in [0.15, 0.2) is 6.00 Å². The molecule has 0 amide bonds. The van der Waals surface area contributed by atoms with Crippen LogP contribution in [0.3, 0.4) is 0 Å². The van der Waals surface area contributed by atoms with E-state index in [2.05, 4.69) is 0 Å². The van der Waals surface area contributed by atoms with E-state index in [1.54, 1.807) is 0 Å². The van der Waals surface area contributed by atoms with Gasteiger partial charge in [0.05, 0.1) is 20.6 Å². The number of hydrogen-bond acceptors (Lipinski definition) is 1. The fourth-order valence-electron chi connectivity index (χ4n) is 0.559. The Morgan fingerprint density at radius 1 is 1.40 bits per heavy atom. The Labute approximate surface area is 84.8 Å². The van der Waals surface area contributed by atoms with Crippen LogP contribution in [0.1, 0.15) is 6.42 Å². The first kappa shape index (κ1) is 13.5. The Balaban J connectivity index is 0. The fourth-order valence-corrected chi connectivity index (χ4v) is 0.678. The molecule has 0 aliphatic rings. The molecule has 0 atom stereocenters. The van der Waals surface area contributed by atoms with Crippen molar-refractivity contribution >= 4 is 11.6 Å². The highest BCUT2D eigenvalue weighted by Gasteiger charge is 2.10. The van der Waals surface area contributed by atoms with Gasteiger partial charge < -0.3 is 33.6 Å². The van der Waals surface area contributed by atoms with Crippen LogP contribution in [-0.2, 0) is 0 Å². The topological polar surface area (TPSA) is 20.2 Å². The summed E-state index contributed by atoms with van der Waals surface area (Å²) in [7, 11) is 4.09. The monoisotopic (exact) mass is 279 g/mol. The third kappa shape index (κ3) is 7.05. The highest BCUT2D eigenvalue weighted by molar-refractivity contribution is 6.16. The number of aliphatic hydroxyl groups is 1. The third-order valence-electron chi connectivity index (χ3n) is 1.25. The van der Waals surface area contributed by atoms with Crippen molar-refractivity contribution in [2.45, 2.75) is 6.42 Å². The van der Waals surface area contributed by atoms with Crippen LogP contribution in [0.5, 0.6) is 0 Å². The Morgan fingerprint density at radius 2 is 1.90 bits per heavy atom. The van der Waals surface area contributed by atoms with E-state index in [-0.39, 0.29) is 30.6 Å². The van der Waals surface area contributed by atoms with Crippen molar-refractivity contribution in [3.8, 4) is 0 Å². The molecule has 0 heterocycles. The van der Waals surface area contributed by atoms with E-state index >= 15 is 0 Å². The van der Waals surface area contributed by atoms with Gasteiger partial charge >= 0.3 is 0 Å². The predicted molar refractivity (Wildman–Crippen MR) is 39.4 cm³/mol. The maximum Gasteiger partial charge on any atom is 0.154 e. The lowest BCUT2D eigenvalue weighted by atomic mass is 10.4. The van der Waals surface area contributed by atoms with Crippen LogP contribution >= 0.6 is 11.6 Å². The van der Waals surface area contributed by atoms with E-state index in [1.165, 1.54) is 0 Å². The van der Waals surface area contributed by atoms with Crippen LogP contribution in [0.15, 0.2) is 0 Å². The number of nitrogens with zero attached hydrogens (tertiary/aromatic N) is 1. The van der Waals surface area contributed by atoms with E-state index < -0.39 is 0 Å². The molecule has 0 aromatic heterocycles. The summed E-state index contributed by atoms with van der Waals surface area (Å²) >= 11 is 5.62. The Hall–Kier alpha value is 0.940. The summed E-state index contributed by atoms with van der Waals surface area (Å²) in [5.41, 5.74) is 0. The molecule has 4 heteroatoms. The molecule has 0 saturated heterocycles. The quantitative estimate of drug-likeness (QED) is 0.264. The SMILES string of the molecule is C[N+](C)(CCl)CCCO.[I-]. The summed E-state index contributed by atoms with van der Waals surface area (Å²) in [6.07, 6.45) is 0.833. The fraction of sp³-hybridized carbons (Fsp3) is 1.00. The van der Waals surface area contributed by atoms with E-state index in [1.807, 2.05) is 14.1 Å². The number of hydrogen-bond donors (Lipinski definition) is 1. The van der Waals surface area contributed by atoms with Crippen molar-refractivity contribution in [1.82, 2.24) is 0 Å². The van der Waals surface area contributed by atoms with Crippen LogP contribution in [0, 0.1) is 0 Å². The molecule has 0 unspecified atom stereocenters. The van der Waals surface area contributed by atoms with Crippen LogP contribution in [0.4, 0.5) is 0 Å². The first-order chi connectivity index (χ1) is 4.12. The number of halogens is 2. The molecule has 0 radical (unpaired) electrons. The van der Waals surface area contributed by atoms with Gasteiger partial charge in [-0.2, -0.15) is 0 Å². The summed E-state index contributed by atoms with van der Waals surface area (Å²) in [5.74, 6) is 0. The van der Waals surface area contributed by atoms with Crippen molar-refractivity contribution in [3.05, 3.63) is 0 Å². The summed E-state index contributed by atoms with van der Waals surface area (Å²) in [4.78, 5) is 0. The molecule has 0 aliphatic heterocycles. The zero-order chi connectivity index (χ0) is 7.33. The molecule has 1 N–H and O–H groups in total. The first-order valence-electron chi connectivity index (χ1n) is 3.11. The number of alkyl halides is 1. The summed E-state index contributed by atoms with van der Waals surface area (Å²) < 4.78 is 0.780. The second-order valence-electron chi connectivity index (χ2n) is 2.86. The number of quaternary nitrogens is 1. The third-order valence-corrected chi connectivity index (χ3v) is 1.89. The Kier molecular flexibility index (Phi) is 8.98. The number of aliphatic hydroxyl groups excluding tert-OH is 1. The largest absolute Gasteiger partial charge is 1.00 e. The molecule has 10 heavy (non-hydrogen) atoms. The van der Waals surface area contributed by atoms with E-state index in [9.17, 15) is 0 Å². The van der Waals surface area contributed by atoms with Gasteiger partial charge in [0.25, 0.3) is 0 Å². The van der Waals surface area contributed by atoms with Crippen molar-refractivity contribution in [3.63, 3.8) is 0 Å². The minimum Gasteiger partial charge on any atom is -1.00 e. The Morgan fingerprint density at radius 3 is 2.20 bits per heavy atom. The van der Waals surface area contributed by atoms with Crippen LogP contribution in [0.2, 0.25) is 0 Å². The second kappa shape index (κ2) is 6.64. The van der Waals surface area contributed by atoms with Gasteiger partial charge in [-0.05, 0) is 0 Å². The minimum absolute atomic E-state index is 0. The van der Waals surface area contributed by atoms with Crippen LogP contribution in [0.25, 0.3) is 0 Å². The minimum atomic E-state index is 0. The smallest absolute Gasteiger partial charge is 0.154 e. The van der Waals surface area contributed by atoms with Gasteiger partial charge in [-0.25, -0.2) is 0 Å². The van der Waals surface area contributed by atoms with Crippen LogP contribution < -0.4 is 24.0 Å². The molecule has 0 spiro atoms. The number of rotatable bonds is 4. The molecule has 64 valence electrons. The zero-order valence-electron chi connectivity index (χ0n) is 6.48. The van der Waals surface area contributed by atoms with Gasteiger partial charge in [-0.1, -0.05) is 11.6 Å². The van der Waals surface area contributed by atoms with Crippen molar-refractivity contribution in [1.29, 1.82) is 0 Å². The lowest BCUT2D eigenvalue weighted by Gasteiger charge is -2.26. The normalized spacial score (nSPS) is 10.8. The molecule has 0 rings (SSSR count). The average molecular weight is 280 g/mol. The molecule has 0 aliphatic carbocycles. The summed E-state index contributed by atoms with van der Waals surface area (Å²) in [5, 5.41) is 8.47. The second-order valence-corrected chi connectivity index (χ2v) is 3.10. The average Bonchev–Trinajstić information content (AvgIpc) is 1.84. The zero-order valence-corrected chi connectivity index (χ0v) is 9.39. The highest BCUT2D eigenvalue weighted by Crippen LogP contribution is 1.99. The lowest BCUT2D eigenvalue weighted by molar-refractivity contribution is -0.879. The van der Waals surface area contributed by atoms with Crippen LogP contribution in [-0.4, -0.2) is 42.8 Å². The highest BCUT2D eigenvalue weighted by atomic mass is 127. The predicted octanol–water partition coefficient (Wildman–Crippen LogP) is -2.35. The van der Waals surface area contributed by atoms with Gasteiger partial charge in [-0.15, -0.1) is 0 Å². The van der Waals surface area contributed by atoms with E-state index in [0.717, 1.165) is 17.4 Å². The molecule has 2 nitrogen and oxygen atoms in total. The molecule has 0 fully saturated rings. The van der Waals surface area contributed by atoms with E-state index in [4.69, 9.17) is 16.7 Å². The molecule has 0 aromatic rings. The summed E-state index contributed by atoms with van der Waals surface area (Å²) in [6, 6.07) is 0.611. The maximum atomic E-state index is 8.47. The van der Waals surface area contributed by atoms with Gasteiger partial charge in [0.1, 0.15) is 0 Å². The Bertz CT molecular complexity index is 80.1. The van der Waals surface area contributed by atoms with E-state index in [0.29, 0.717) is 6.00 Å². The van der Waals surface area contributed by atoms with Gasteiger partial charge in [-0.3, -0.25) is 0 Å². The summed E-state index contributed by atoms with van der Waals surface area (Å²) in [6.45, 7) is 1.21. The maximum absolute atomic E-state index is 8.47. The molecule has 0 aromatic carbocycles. The standard InChI is InChI=1S/C6H15ClNO.HI/c1-8(2,6-7)4-3-5-9;/h9H,3-6H2,1-2H3;1H/q+1;/p-1. The first-order valence-corrected chi connectivity index (χ1v) is 3.64. The molecule has 0 bridgehead atoms. The van der Waals surface area contributed by atoms with Crippen molar-refractivity contribution in [2.75, 3.05) is 33.3 Å². The van der Waals surface area contributed by atoms with Gasteiger partial charge in [0, 0.05) is 13.0 Å². The molecule has 0 saturated carbocycles.